The molecule has 0 spiro atoms. The van der Waals surface area contributed by atoms with Crippen molar-refractivity contribution in [3.05, 3.63) is 103 Å². The lowest BCUT2D eigenvalue weighted by Crippen LogP contribution is -1.98. The third-order valence-electron chi connectivity index (χ3n) is 5.71. The summed E-state index contributed by atoms with van der Waals surface area (Å²) in [6, 6.07) is 34.8. The first-order valence-corrected chi connectivity index (χ1v) is 9.58. The normalized spacial score (nSPS) is 11.6. The molecule has 0 saturated heterocycles. The third kappa shape index (κ3) is 2.10. The Hall–Kier alpha value is -3.71. The van der Waals surface area contributed by atoms with Crippen LogP contribution in [0.1, 0.15) is 0 Å². The maximum Gasteiger partial charge on any atom is 0.0708 e. The standard InChI is InChI=1S/C27H17N/c1-2-9-19-18(8-1)20-10-3-4-12-22(20)24-15-16-26-25(14-7-17-28-26)27(24)23-13-6-5-11-21(19)23/h1-17H. The molecule has 0 atom stereocenters. The SMILES string of the molecule is c1ccc2c(c1)-c1ccccc1-c1ccc3ncccc3c1-c1ccccc1-2. The van der Waals surface area contributed by atoms with E-state index < -0.39 is 0 Å². The third-order valence-corrected chi connectivity index (χ3v) is 5.71. The van der Waals surface area contributed by atoms with Gasteiger partial charge in [0, 0.05) is 11.6 Å². The number of rotatable bonds is 0. The number of hydrogen-bond acceptors (Lipinski definition) is 1. The van der Waals surface area contributed by atoms with E-state index in [9.17, 15) is 0 Å². The Bertz CT molecular complexity index is 1360. The van der Waals surface area contributed by atoms with E-state index >= 15 is 0 Å². The zero-order valence-electron chi connectivity index (χ0n) is 15.3. The fourth-order valence-corrected chi connectivity index (χ4v) is 4.51. The molecule has 0 saturated carbocycles. The van der Waals surface area contributed by atoms with Crippen LogP contribution in [0.2, 0.25) is 0 Å². The van der Waals surface area contributed by atoms with Gasteiger partial charge in [0.05, 0.1) is 5.52 Å². The number of hydrogen-bond donors (Lipinski definition) is 0. The van der Waals surface area contributed by atoms with E-state index in [2.05, 4.69) is 96.0 Å². The van der Waals surface area contributed by atoms with Gasteiger partial charge in [-0.1, -0.05) is 84.9 Å². The molecule has 0 unspecified atom stereocenters. The fourth-order valence-electron chi connectivity index (χ4n) is 4.51. The topological polar surface area (TPSA) is 12.9 Å². The van der Waals surface area contributed by atoms with Crippen LogP contribution in [0.25, 0.3) is 55.4 Å². The maximum atomic E-state index is 4.62. The minimum Gasteiger partial charge on any atom is -0.256 e. The molecule has 130 valence electrons. The summed E-state index contributed by atoms with van der Waals surface area (Å²) in [6.07, 6.45) is 1.87. The molecule has 0 aliphatic heterocycles. The lowest BCUT2D eigenvalue weighted by molar-refractivity contribution is 1.41. The molecule has 0 fully saturated rings. The molecule has 1 nitrogen and oxygen atoms in total. The average Bonchev–Trinajstić information content (AvgIpc) is 2.77. The Morgan fingerprint density at radius 3 is 1.50 bits per heavy atom. The Kier molecular flexibility index (Phi) is 3.24. The molecular weight excluding hydrogens is 338 g/mol. The first-order chi connectivity index (χ1) is 13.9. The lowest BCUT2D eigenvalue weighted by atomic mass is 9.80. The molecule has 28 heavy (non-hydrogen) atoms. The van der Waals surface area contributed by atoms with E-state index in [-0.39, 0.29) is 0 Å². The van der Waals surface area contributed by atoms with E-state index in [0.717, 1.165) is 5.52 Å². The van der Waals surface area contributed by atoms with E-state index in [0.29, 0.717) is 0 Å². The smallest absolute Gasteiger partial charge is 0.0708 e. The Labute approximate surface area is 163 Å². The second kappa shape index (κ2) is 5.90. The van der Waals surface area contributed by atoms with E-state index in [1.165, 1.54) is 49.9 Å². The Morgan fingerprint density at radius 1 is 0.393 bits per heavy atom. The van der Waals surface area contributed by atoms with Crippen LogP contribution in [0.3, 0.4) is 0 Å². The van der Waals surface area contributed by atoms with Gasteiger partial charge in [-0.2, -0.15) is 0 Å². The Balaban J connectivity index is 1.88. The largest absolute Gasteiger partial charge is 0.256 e. The summed E-state index contributed by atoms with van der Waals surface area (Å²) in [4.78, 5) is 4.62. The first-order valence-electron chi connectivity index (χ1n) is 9.58. The number of benzene rings is 4. The number of pyridine rings is 1. The summed E-state index contributed by atoms with van der Waals surface area (Å²) >= 11 is 0. The van der Waals surface area contributed by atoms with Gasteiger partial charge >= 0.3 is 0 Å². The molecule has 5 aromatic rings. The predicted octanol–water partition coefficient (Wildman–Crippen LogP) is 7.22. The van der Waals surface area contributed by atoms with Crippen molar-refractivity contribution < 1.29 is 0 Å². The molecule has 1 heterocycles. The summed E-state index contributed by atoms with van der Waals surface area (Å²) in [6.45, 7) is 0. The molecule has 0 N–H and O–H groups in total. The minimum absolute atomic E-state index is 1.03. The predicted molar refractivity (Wildman–Crippen MR) is 117 cm³/mol. The first kappa shape index (κ1) is 15.4. The van der Waals surface area contributed by atoms with Gasteiger partial charge in [-0.3, -0.25) is 4.98 Å². The Morgan fingerprint density at radius 2 is 0.893 bits per heavy atom. The van der Waals surface area contributed by atoms with Crippen molar-refractivity contribution in [3.8, 4) is 44.5 Å². The summed E-state index contributed by atoms with van der Waals surface area (Å²) in [5.41, 5.74) is 11.2. The van der Waals surface area contributed by atoms with Gasteiger partial charge < -0.3 is 0 Å². The second-order valence-corrected chi connectivity index (χ2v) is 7.19. The molecule has 6 rings (SSSR count). The highest BCUT2D eigenvalue weighted by Crippen LogP contribution is 2.49. The highest BCUT2D eigenvalue weighted by atomic mass is 14.6. The van der Waals surface area contributed by atoms with Crippen LogP contribution in [-0.4, -0.2) is 4.98 Å². The van der Waals surface area contributed by atoms with Crippen molar-refractivity contribution in [1.82, 2.24) is 4.98 Å². The maximum absolute atomic E-state index is 4.62. The van der Waals surface area contributed by atoms with Gasteiger partial charge in [-0.05, 0) is 56.6 Å². The highest BCUT2D eigenvalue weighted by molar-refractivity contribution is 6.10. The van der Waals surface area contributed by atoms with Gasteiger partial charge in [-0.15, -0.1) is 0 Å². The van der Waals surface area contributed by atoms with Crippen molar-refractivity contribution in [2.45, 2.75) is 0 Å². The van der Waals surface area contributed by atoms with Gasteiger partial charge in [0.25, 0.3) is 0 Å². The average molecular weight is 355 g/mol. The van der Waals surface area contributed by atoms with Gasteiger partial charge in [0.2, 0.25) is 0 Å². The van der Waals surface area contributed by atoms with Crippen molar-refractivity contribution in [2.75, 3.05) is 0 Å². The molecule has 0 radical (unpaired) electrons. The molecule has 0 bridgehead atoms. The molecular formula is C27H17N. The fraction of sp³-hybridized carbons (Fsp3) is 0. The summed E-state index contributed by atoms with van der Waals surface area (Å²) < 4.78 is 0. The molecule has 1 heteroatoms. The quantitative estimate of drug-likeness (QED) is 0.280. The van der Waals surface area contributed by atoms with E-state index in [1.54, 1.807) is 0 Å². The zero-order chi connectivity index (χ0) is 18.5. The lowest BCUT2D eigenvalue weighted by Gasteiger charge is -2.24. The van der Waals surface area contributed by atoms with Gasteiger partial charge in [0.1, 0.15) is 0 Å². The molecule has 1 aliphatic rings. The highest BCUT2D eigenvalue weighted by Gasteiger charge is 2.22. The van der Waals surface area contributed by atoms with Crippen LogP contribution in [0.4, 0.5) is 0 Å². The van der Waals surface area contributed by atoms with Gasteiger partial charge in [-0.25, -0.2) is 0 Å². The van der Waals surface area contributed by atoms with Crippen molar-refractivity contribution in [1.29, 1.82) is 0 Å². The minimum atomic E-state index is 1.03. The second-order valence-electron chi connectivity index (χ2n) is 7.19. The summed E-state index contributed by atoms with van der Waals surface area (Å²) in [5.74, 6) is 0. The molecule has 4 aromatic carbocycles. The number of nitrogens with zero attached hydrogens (tertiary/aromatic N) is 1. The van der Waals surface area contributed by atoms with Gasteiger partial charge in [0.15, 0.2) is 0 Å². The number of fused-ring (bicyclic) bond motifs is 10. The molecule has 0 amide bonds. The molecule has 1 aromatic heterocycles. The molecule has 1 aliphatic carbocycles. The van der Waals surface area contributed by atoms with Crippen LogP contribution in [0, 0.1) is 0 Å². The summed E-state index contributed by atoms with van der Waals surface area (Å²) in [5, 5.41) is 1.20. The van der Waals surface area contributed by atoms with Crippen molar-refractivity contribution in [2.24, 2.45) is 0 Å². The van der Waals surface area contributed by atoms with E-state index in [4.69, 9.17) is 0 Å². The number of aromatic nitrogens is 1. The van der Waals surface area contributed by atoms with E-state index in [1.807, 2.05) is 12.3 Å². The van der Waals surface area contributed by atoms with Crippen LogP contribution in [0.15, 0.2) is 103 Å². The zero-order valence-corrected chi connectivity index (χ0v) is 15.3. The van der Waals surface area contributed by atoms with Crippen molar-refractivity contribution in [3.63, 3.8) is 0 Å². The summed E-state index contributed by atoms with van der Waals surface area (Å²) in [7, 11) is 0. The van der Waals surface area contributed by atoms with Crippen LogP contribution < -0.4 is 0 Å². The monoisotopic (exact) mass is 355 g/mol. The van der Waals surface area contributed by atoms with Crippen molar-refractivity contribution >= 4 is 10.9 Å². The van der Waals surface area contributed by atoms with Crippen LogP contribution in [-0.2, 0) is 0 Å². The van der Waals surface area contributed by atoms with Crippen LogP contribution in [0.5, 0.6) is 0 Å². The van der Waals surface area contributed by atoms with Crippen LogP contribution >= 0.6 is 0 Å².